The van der Waals surface area contributed by atoms with Gasteiger partial charge in [-0.3, -0.25) is 0 Å². The maximum absolute atomic E-state index is 12.3. The number of aromatic nitrogens is 2. The number of ether oxygens (including phenoxy) is 2. The highest BCUT2D eigenvalue weighted by Crippen LogP contribution is 2.26. The number of benzene rings is 1. The summed E-state index contributed by atoms with van der Waals surface area (Å²) in [5.41, 5.74) is 1.17. The van der Waals surface area contributed by atoms with Crippen LogP contribution in [0.4, 0.5) is 0 Å². The Morgan fingerprint density at radius 3 is 2.82 bits per heavy atom. The summed E-state index contributed by atoms with van der Waals surface area (Å²) < 4.78 is 16.3. The molecule has 0 unspecified atom stereocenters. The number of rotatable bonds is 4. The average Bonchev–Trinajstić information content (AvgIpc) is 3.16. The molecule has 1 saturated carbocycles. The maximum Gasteiger partial charge on any atom is 0.338 e. The normalized spacial score (nSPS) is 21.0. The fourth-order valence-electron chi connectivity index (χ4n) is 2.69. The minimum Gasteiger partial charge on any atom is -0.456 e. The molecule has 2 atom stereocenters. The second kappa shape index (κ2) is 6.27. The van der Waals surface area contributed by atoms with Crippen LogP contribution in [-0.2, 0) is 9.47 Å². The molecule has 3 rings (SSSR count). The van der Waals surface area contributed by atoms with Crippen molar-refractivity contribution in [2.75, 3.05) is 7.11 Å². The van der Waals surface area contributed by atoms with Crippen LogP contribution < -0.4 is 0 Å². The molecule has 0 saturated heterocycles. The molecule has 0 N–H and O–H groups in total. The molecule has 1 aliphatic carbocycles. The van der Waals surface area contributed by atoms with E-state index in [4.69, 9.17) is 13.9 Å². The molecule has 116 valence electrons. The fraction of sp³-hybridized carbons (Fsp3) is 0.438. The van der Waals surface area contributed by atoms with Crippen LogP contribution in [0.5, 0.6) is 0 Å². The molecule has 0 aliphatic heterocycles. The summed E-state index contributed by atoms with van der Waals surface area (Å²) in [5.74, 6) is 0.520. The zero-order valence-electron chi connectivity index (χ0n) is 12.6. The van der Waals surface area contributed by atoms with Gasteiger partial charge in [0.1, 0.15) is 6.10 Å². The second-order valence-electron chi connectivity index (χ2n) is 5.36. The van der Waals surface area contributed by atoms with E-state index < -0.39 is 0 Å². The van der Waals surface area contributed by atoms with Gasteiger partial charge in [-0.25, -0.2) is 4.79 Å². The van der Waals surface area contributed by atoms with Crippen molar-refractivity contribution in [1.82, 2.24) is 10.2 Å². The van der Waals surface area contributed by atoms with Crippen LogP contribution in [0.1, 0.15) is 35.5 Å². The first-order chi connectivity index (χ1) is 10.7. The van der Waals surface area contributed by atoms with Crippen molar-refractivity contribution >= 4 is 5.97 Å². The highest BCUT2D eigenvalue weighted by Gasteiger charge is 2.30. The van der Waals surface area contributed by atoms with Crippen molar-refractivity contribution in [2.45, 2.75) is 38.4 Å². The van der Waals surface area contributed by atoms with Crippen LogP contribution >= 0.6 is 0 Å². The molecule has 0 amide bonds. The number of hydrogen-bond donors (Lipinski definition) is 0. The Hall–Kier alpha value is -2.21. The van der Waals surface area contributed by atoms with Crippen LogP contribution in [0.25, 0.3) is 11.5 Å². The summed E-state index contributed by atoms with van der Waals surface area (Å²) in [6, 6.07) is 7.00. The third-order valence-corrected chi connectivity index (χ3v) is 3.82. The molecular weight excluding hydrogens is 284 g/mol. The van der Waals surface area contributed by atoms with Gasteiger partial charge in [-0.2, -0.15) is 0 Å². The van der Waals surface area contributed by atoms with E-state index >= 15 is 0 Å². The lowest BCUT2D eigenvalue weighted by molar-refractivity contribution is -0.0206. The third-order valence-electron chi connectivity index (χ3n) is 3.82. The quantitative estimate of drug-likeness (QED) is 0.808. The van der Waals surface area contributed by atoms with Gasteiger partial charge in [0.2, 0.25) is 11.8 Å². The summed E-state index contributed by atoms with van der Waals surface area (Å²) in [4.78, 5) is 12.3. The predicted molar refractivity (Wildman–Crippen MR) is 78.3 cm³/mol. The number of esters is 1. The topological polar surface area (TPSA) is 74.5 Å². The van der Waals surface area contributed by atoms with Crippen molar-refractivity contribution < 1.29 is 18.7 Å². The molecule has 1 aliphatic rings. The van der Waals surface area contributed by atoms with Gasteiger partial charge in [-0.1, -0.05) is 6.07 Å². The van der Waals surface area contributed by atoms with Crippen LogP contribution in [0, 0.1) is 6.92 Å². The van der Waals surface area contributed by atoms with Crippen molar-refractivity contribution in [3.63, 3.8) is 0 Å². The summed E-state index contributed by atoms with van der Waals surface area (Å²) in [5, 5.41) is 7.75. The minimum atomic E-state index is -0.355. The van der Waals surface area contributed by atoms with Gasteiger partial charge in [0.05, 0.1) is 11.7 Å². The Morgan fingerprint density at radius 1 is 1.27 bits per heavy atom. The average molecular weight is 302 g/mol. The molecule has 1 heterocycles. The number of nitrogens with zero attached hydrogens (tertiary/aromatic N) is 2. The number of aryl methyl sites for hydroxylation is 1. The summed E-state index contributed by atoms with van der Waals surface area (Å²) >= 11 is 0. The van der Waals surface area contributed by atoms with Crippen LogP contribution in [0.3, 0.4) is 0 Å². The Kier molecular flexibility index (Phi) is 4.20. The molecule has 1 aromatic carbocycles. The van der Waals surface area contributed by atoms with Gasteiger partial charge in [0.25, 0.3) is 0 Å². The highest BCUT2D eigenvalue weighted by atomic mass is 16.6. The van der Waals surface area contributed by atoms with Gasteiger partial charge in [-0.15, -0.1) is 10.2 Å². The summed E-state index contributed by atoms with van der Waals surface area (Å²) in [6.07, 6.45) is 2.60. The Labute approximate surface area is 128 Å². The first-order valence-electron chi connectivity index (χ1n) is 7.31. The third kappa shape index (κ3) is 3.01. The fourth-order valence-corrected chi connectivity index (χ4v) is 2.69. The largest absolute Gasteiger partial charge is 0.456 e. The molecule has 0 spiro atoms. The van der Waals surface area contributed by atoms with E-state index in [0.29, 0.717) is 22.9 Å². The lowest BCUT2D eigenvalue weighted by Crippen LogP contribution is -2.27. The molecule has 2 aromatic rings. The molecule has 1 fully saturated rings. The van der Waals surface area contributed by atoms with Crippen molar-refractivity contribution in [3.05, 3.63) is 35.7 Å². The van der Waals surface area contributed by atoms with E-state index in [0.717, 1.165) is 19.3 Å². The molecule has 6 heteroatoms. The number of methoxy groups -OCH3 is 1. The second-order valence-corrected chi connectivity index (χ2v) is 5.36. The molecule has 1 aromatic heterocycles. The lowest BCUT2D eigenvalue weighted by atomic mass is 10.1. The van der Waals surface area contributed by atoms with Crippen molar-refractivity contribution in [3.8, 4) is 11.5 Å². The summed E-state index contributed by atoms with van der Waals surface area (Å²) in [6.45, 7) is 1.72. The van der Waals surface area contributed by atoms with Crippen molar-refractivity contribution in [1.29, 1.82) is 0 Å². The van der Waals surface area contributed by atoms with Gasteiger partial charge in [0, 0.05) is 19.6 Å². The van der Waals surface area contributed by atoms with Gasteiger partial charge in [0.15, 0.2) is 0 Å². The standard InChI is InChI=1S/C16H18N2O4/c1-10-17-18-15(21-10)11-5-3-6-12(9-11)16(19)22-14-8-4-7-13(14)20-2/h3,5-6,9,13-14H,4,7-8H2,1-2H3/t13-,14-/m0/s1. The number of carbonyl (C=O) groups excluding carboxylic acids is 1. The number of carbonyl (C=O) groups is 1. The van der Waals surface area contributed by atoms with Gasteiger partial charge >= 0.3 is 5.97 Å². The van der Waals surface area contributed by atoms with Crippen molar-refractivity contribution in [2.24, 2.45) is 0 Å². The smallest absolute Gasteiger partial charge is 0.338 e. The van der Waals surface area contributed by atoms with E-state index in [2.05, 4.69) is 10.2 Å². The van der Waals surface area contributed by atoms with Gasteiger partial charge in [-0.05, 0) is 37.5 Å². The Bertz CT molecular complexity index is 668. The maximum atomic E-state index is 12.3. The molecule has 6 nitrogen and oxygen atoms in total. The van der Waals surface area contributed by atoms with Crippen LogP contribution in [0.15, 0.2) is 28.7 Å². The lowest BCUT2D eigenvalue weighted by Gasteiger charge is -2.18. The zero-order valence-corrected chi connectivity index (χ0v) is 12.6. The van der Waals surface area contributed by atoms with E-state index in [1.165, 1.54) is 0 Å². The summed E-state index contributed by atoms with van der Waals surface area (Å²) in [7, 11) is 1.65. The van der Waals surface area contributed by atoms with E-state index in [-0.39, 0.29) is 18.2 Å². The SMILES string of the molecule is CO[C@H]1CCC[C@@H]1OC(=O)c1cccc(-c2nnc(C)o2)c1. The van der Waals surface area contributed by atoms with E-state index in [1.807, 2.05) is 6.07 Å². The molecule has 0 bridgehead atoms. The van der Waals surface area contributed by atoms with Crippen LogP contribution in [0.2, 0.25) is 0 Å². The first kappa shape index (κ1) is 14.7. The monoisotopic (exact) mass is 302 g/mol. The highest BCUT2D eigenvalue weighted by molar-refractivity contribution is 5.90. The van der Waals surface area contributed by atoms with E-state index in [1.54, 1.807) is 32.2 Å². The molecule has 0 radical (unpaired) electrons. The molecule has 22 heavy (non-hydrogen) atoms. The number of hydrogen-bond acceptors (Lipinski definition) is 6. The van der Waals surface area contributed by atoms with Gasteiger partial charge < -0.3 is 13.9 Å². The first-order valence-corrected chi connectivity index (χ1v) is 7.31. The molecular formula is C16H18N2O4. The van der Waals surface area contributed by atoms with Crippen LogP contribution in [-0.4, -0.2) is 35.5 Å². The zero-order chi connectivity index (χ0) is 15.5. The Balaban J connectivity index is 1.75. The van der Waals surface area contributed by atoms with E-state index in [9.17, 15) is 4.79 Å². The minimum absolute atomic E-state index is 0.00859. The Morgan fingerprint density at radius 2 is 2.09 bits per heavy atom. The predicted octanol–water partition coefficient (Wildman–Crippen LogP) is 2.77.